The summed E-state index contributed by atoms with van der Waals surface area (Å²) >= 11 is 5.36. The van der Waals surface area contributed by atoms with Gasteiger partial charge in [0, 0.05) is 6.04 Å². The summed E-state index contributed by atoms with van der Waals surface area (Å²) in [4.78, 5) is 3.03. The van der Waals surface area contributed by atoms with E-state index in [4.69, 9.17) is 22.7 Å². The van der Waals surface area contributed by atoms with Gasteiger partial charge in [-0.1, -0.05) is 37.7 Å². The number of nitrogens with zero attached hydrogens (tertiary/aromatic N) is 1. The van der Waals surface area contributed by atoms with E-state index < -0.39 is 0 Å². The zero-order chi connectivity index (χ0) is 14.5. The largest absolute Gasteiger partial charge is 0.497 e. The minimum Gasteiger partial charge on any atom is -0.497 e. The lowest BCUT2D eigenvalue weighted by Crippen LogP contribution is -2.45. The van der Waals surface area contributed by atoms with Crippen molar-refractivity contribution in [3.63, 3.8) is 0 Å². The quantitative estimate of drug-likeness (QED) is 0.845. The summed E-state index contributed by atoms with van der Waals surface area (Å²) in [5.41, 5.74) is 7.19. The lowest BCUT2D eigenvalue weighted by Gasteiger charge is -2.40. The molecule has 1 aromatic rings. The van der Waals surface area contributed by atoms with Crippen LogP contribution in [0.2, 0.25) is 0 Å². The average molecular weight is 292 g/mol. The molecule has 4 heteroatoms. The highest BCUT2D eigenvalue weighted by Gasteiger charge is 2.30. The third-order valence-electron chi connectivity index (χ3n) is 4.15. The molecule has 1 aliphatic rings. The Morgan fingerprint density at radius 1 is 1.50 bits per heavy atom. The second kappa shape index (κ2) is 7.04. The van der Waals surface area contributed by atoms with E-state index in [1.807, 2.05) is 18.2 Å². The van der Waals surface area contributed by atoms with E-state index in [0.29, 0.717) is 11.0 Å². The molecule has 2 atom stereocenters. The summed E-state index contributed by atoms with van der Waals surface area (Å²) in [7, 11) is 1.69. The van der Waals surface area contributed by atoms with Crippen molar-refractivity contribution in [1.82, 2.24) is 4.90 Å². The third-order valence-corrected chi connectivity index (χ3v) is 4.38. The summed E-state index contributed by atoms with van der Waals surface area (Å²) in [5.74, 6) is 0.855. The molecule has 0 aliphatic carbocycles. The molecule has 1 heterocycles. The molecule has 110 valence electrons. The summed E-state index contributed by atoms with van der Waals surface area (Å²) in [6, 6.07) is 8.68. The molecule has 1 fully saturated rings. The van der Waals surface area contributed by atoms with Crippen LogP contribution in [-0.2, 0) is 0 Å². The van der Waals surface area contributed by atoms with Crippen LogP contribution >= 0.6 is 12.2 Å². The van der Waals surface area contributed by atoms with Crippen molar-refractivity contribution in [1.29, 1.82) is 0 Å². The molecule has 1 aromatic carbocycles. The molecule has 2 N–H and O–H groups in total. The molecule has 2 rings (SSSR count). The van der Waals surface area contributed by atoms with Gasteiger partial charge in [-0.3, -0.25) is 4.90 Å². The molecule has 0 radical (unpaired) electrons. The van der Waals surface area contributed by atoms with E-state index >= 15 is 0 Å². The number of rotatable bonds is 5. The Morgan fingerprint density at radius 3 is 2.95 bits per heavy atom. The van der Waals surface area contributed by atoms with Crippen LogP contribution in [0.5, 0.6) is 5.75 Å². The summed E-state index contributed by atoms with van der Waals surface area (Å²) in [6.45, 7) is 3.31. The van der Waals surface area contributed by atoms with Crippen LogP contribution < -0.4 is 10.5 Å². The highest BCUT2D eigenvalue weighted by molar-refractivity contribution is 7.80. The lowest BCUT2D eigenvalue weighted by atomic mass is 9.94. The minimum absolute atomic E-state index is 0.0188. The van der Waals surface area contributed by atoms with Crippen LogP contribution in [0.25, 0.3) is 0 Å². The van der Waals surface area contributed by atoms with Crippen molar-refractivity contribution in [2.45, 2.75) is 44.7 Å². The third kappa shape index (κ3) is 3.30. The predicted molar refractivity (Wildman–Crippen MR) is 87.2 cm³/mol. The van der Waals surface area contributed by atoms with Crippen LogP contribution in [0.15, 0.2) is 24.3 Å². The Labute approximate surface area is 127 Å². The van der Waals surface area contributed by atoms with Crippen molar-refractivity contribution in [3.05, 3.63) is 29.8 Å². The fraction of sp³-hybridized carbons (Fsp3) is 0.562. The Morgan fingerprint density at radius 2 is 2.30 bits per heavy atom. The molecule has 2 unspecified atom stereocenters. The number of methoxy groups -OCH3 is 1. The van der Waals surface area contributed by atoms with Crippen LogP contribution in [0.1, 0.15) is 44.2 Å². The van der Waals surface area contributed by atoms with Gasteiger partial charge in [0.2, 0.25) is 0 Å². The molecule has 3 nitrogen and oxygen atoms in total. The molecule has 0 aromatic heterocycles. The molecule has 20 heavy (non-hydrogen) atoms. The molecule has 1 saturated heterocycles. The Bertz CT molecular complexity index is 464. The van der Waals surface area contributed by atoms with Gasteiger partial charge >= 0.3 is 0 Å². The summed E-state index contributed by atoms with van der Waals surface area (Å²) < 4.78 is 5.32. The lowest BCUT2D eigenvalue weighted by molar-refractivity contribution is 0.122. The highest BCUT2D eigenvalue weighted by atomic mass is 32.1. The monoisotopic (exact) mass is 292 g/mol. The van der Waals surface area contributed by atoms with Crippen molar-refractivity contribution >= 4 is 17.2 Å². The zero-order valence-electron chi connectivity index (χ0n) is 12.3. The fourth-order valence-electron chi connectivity index (χ4n) is 3.13. The van der Waals surface area contributed by atoms with Crippen molar-refractivity contribution in [2.75, 3.05) is 13.7 Å². The molecular weight excluding hydrogens is 268 g/mol. The van der Waals surface area contributed by atoms with E-state index in [2.05, 4.69) is 17.9 Å². The molecular formula is C16H24N2OS. The second-order valence-corrected chi connectivity index (χ2v) is 5.85. The second-order valence-electron chi connectivity index (χ2n) is 5.38. The number of hydrogen-bond acceptors (Lipinski definition) is 3. The minimum atomic E-state index is 0.0188. The average Bonchev–Trinajstić information content (AvgIpc) is 2.48. The zero-order valence-corrected chi connectivity index (χ0v) is 13.2. The number of nitrogens with two attached hydrogens (primary N) is 1. The van der Waals surface area contributed by atoms with Crippen molar-refractivity contribution in [2.24, 2.45) is 5.73 Å². The Balaban J connectivity index is 2.31. The standard InChI is InChI=1S/C16H24N2OS/c1-3-13-8-4-5-10-18(13)15(16(17)20)12-7-6-9-14(11-12)19-2/h6-7,9,11,13,15H,3-5,8,10H2,1-2H3,(H2,17,20). The molecule has 0 spiro atoms. The normalized spacial score (nSPS) is 21.4. The van der Waals surface area contributed by atoms with Gasteiger partial charge < -0.3 is 10.5 Å². The summed E-state index contributed by atoms with van der Waals surface area (Å²) in [5, 5.41) is 0. The van der Waals surface area contributed by atoms with Gasteiger partial charge in [-0.25, -0.2) is 0 Å². The van der Waals surface area contributed by atoms with Gasteiger partial charge in [0.25, 0.3) is 0 Å². The highest BCUT2D eigenvalue weighted by Crippen LogP contribution is 2.31. The molecule has 0 amide bonds. The first kappa shape index (κ1) is 15.3. The number of ether oxygens (including phenoxy) is 1. The predicted octanol–water partition coefficient (Wildman–Crippen LogP) is 3.29. The Kier molecular flexibility index (Phi) is 5.38. The van der Waals surface area contributed by atoms with Gasteiger partial charge in [0.1, 0.15) is 5.75 Å². The number of benzene rings is 1. The number of piperidine rings is 1. The Hall–Kier alpha value is -1.13. The smallest absolute Gasteiger partial charge is 0.119 e. The maximum atomic E-state index is 6.06. The van der Waals surface area contributed by atoms with E-state index in [-0.39, 0.29) is 6.04 Å². The first-order chi connectivity index (χ1) is 9.67. The number of hydrogen-bond donors (Lipinski definition) is 1. The first-order valence-electron chi connectivity index (χ1n) is 7.36. The maximum absolute atomic E-state index is 6.06. The van der Waals surface area contributed by atoms with Gasteiger partial charge in [0.05, 0.1) is 18.1 Å². The van der Waals surface area contributed by atoms with E-state index in [1.165, 1.54) is 19.3 Å². The number of thiocarbonyl (C=S) groups is 1. The molecule has 0 saturated carbocycles. The van der Waals surface area contributed by atoms with Crippen molar-refractivity contribution < 1.29 is 4.74 Å². The topological polar surface area (TPSA) is 38.5 Å². The number of likely N-dealkylation sites (tertiary alicyclic amines) is 1. The fourth-order valence-corrected chi connectivity index (χ4v) is 3.40. The van der Waals surface area contributed by atoms with Crippen LogP contribution in [0, 0.1) is 0 Å². The van der Waals surface area contributed by atoms with E-state index in [0.717, 1.165) is 24.3 Å². The van der Waals surface area contributed by atoms with Gasteiger partial charge in [-0.15, -0.1) is 0 Å². The van der Waals surface area contributed by atoms with Crippen LogP contribution in [-0.4, -0.2) is 29.6 Å². The first-order valence-corrected chi connectivity index (χ1v) is 7.77. The SMILES string of the molecule is CCC1CCCCN1C(C(N)=S)c1cccc(OC)c1. The van der Waals surface area contributed by atoms with Crippen molar-refractivity contribution in [3.8, 4) is 5.75 Å². The van der Waals surface area contributed by atoms with E-state index in [9.17, 15) is 0 Å². The van der Waals surface area contributed by atoms with Gasteiger partial charge in [-0.2, -0.15) is 0 Å². The van der Waals surface area contributed by atoms with Gasteiger partial charge in [-0.05, 0) is 43.5 Å². The van der Waals surface area contributed by atoms with Gasteiger partial charge in [0.15, 0.2) is 0 Å². The summed E-state index contributed by atoms with van der Waals surface area (Å²) in [6.07, 6.45) is 4.90. The molecule has 1 aliphatic heterocycles. The van der Waals surface area contributed by atoms with Crippen LogP contribution in [0.3, 0.4) is 0 Å². The maximum Gasteiger partial charge on any atom is 0.119 e. The van der Waals surface area contributed by atoms with E-state index in [1.54, 1.807) is 7.11 Å². The molecule has 0 bridgehead atoms. The van der Waals surface area contributed by atoms with Crippen LogP contribution in [0.4, 0.5) is 0 Å².